The minimum Gasteiger partial charge on any atom is -0.504 e. The first-order chi connectivity index (χ1) is 9.11. The van der Waals surface area contributed by atoms with Gasteiger partial charge in [-0.3, -0.25) is 0 Å². The van der Waals surface area contributed by atoms with Gasteiger partial charge >= 0.3 is 0 Å². The lowest BCUT2D eigenvalue weighted by molar-refractivity contribution is 0.318. The molecule has 2 rings (SSSR count). The molecule has 2 aromatic carbocycles. The summed E-state index contributed by atoms with van der Waals surface area (Å²) in [6, 6.07) is 11.9. The fourth-order valence-corrected chi connectivity index (χ4v) is 1.65. The third-order valence-electron chi connectivity index (χ3n) is 2.61. The standard InChI is InChI=1S/C14H14N2O3/c1-9-6-7-13(11(17)8-9)19-12-5-3-2-4-10(12)14(15)16-18/h2-8,17-18H,1H3,(H2,15,16). The average molecular weight is 258 g/mol. The lowest BCUT2D eigenvalue weighted by atomic mass is 10.2. The highest BCUT2D eigenvalue weighted by Crippen LogP contribution is 2.32. The highest BCUT2D eigenvalue weighted by atomic mass is 16.5. The molecule has 0 saturated carbocycles. The SMILES string of the molecule is Cc1ccc(Oc2ccccc2/C(N)=N/O)c(O)c1. The highest BCUT2D eigenvalue weighted by Gasteiger charge is 2.10. The number of aromatic hydroxyl groups is 1. The Morgan fingerprint density at radius 3 is 2.58 bits per heavy atom. The van der Waals surface area contributed by atoms with E-state index in [2.05, 4.69) is 5.16 Å². The molecule has 0 radical (unpaired) electrons. The average Bonchev–Trinajstić information content (AvgIpc) is 2.41. The molecule has 5 nitrogen and oxygen atoms in total. The quantitative estimate of drug-likeness (QED) is 0.342. The molecule has 0 amide bonds. The third-order valence-corrected chi connectivity index (χ3v) is 2.61. The molecule has 19 heavy (non-hydrogen) atoms. The van der Waals surface area contributed by atoms with Gasteiger partial charge in [-0.1, -0.05) is 23.4 Å². The number of benzene rings is 2. The Bertz CT molecular complexity index is 624. The molecule has 0 aliphatic rings. The number of para-hydroxylation sites is 1. The van der Waals surface area contributed by atoms with E-state index >= 15 is 0 Å². The molecule has 0 heterocycles. The van der Waals surface area contributed by atoms with Crippen molar-refractivity contribution in [1.82, 2.24) is 0 Å². The van der Waals surface area contributed by atoms with Crippen molar-refractivity contribution in [3.63, 3.8) is 0 Å². The normalized spacial score (nSPS) is 11.3. The number of phenolic OH excluding ortho intramolecular Hbond substituents is 1. The van der Waals surface area contributed by atoms with Gasteiger partial charge in [-0.15, -0.1) is 0 Å². The maximum absolute atomic E-state index is 9.80. The minimum atomic E-state index is -0.0535. The van der Waals surface area contributed by atoms with E-state index in [9.17, 15) is 5.11 Å². The van der Waals surface area contributed by atoms with Crippen LogP contribution >= 0.6 is 0 Å². The Morgan fingerprint density at radius 2 is 1.89 bits per heavy atom. The number of oxime groups is 1. The van der Waals surface area contributed by atoms with Gasteiger partial charge < -0.3 is 20.8 Å². The lowest BCUT2D eigenvalue weighted by Crippen LogP contribution is -2.14. The molecule has 4 N–H and O–H groups in total. The van der Waals surface area contributed by atoms with E-state index in [0.29, 0.717) is 17.1 Å². The Balaban J connectivity index is 2.38. The number of nitrogens with zero attached hydrogens (tertiary/aromatic N) is 1. The molecule has 2 aromatic rings. The Morgan fingerprint density at radius 1 is 1.16 bits per heavy atom. The third kappa shape index (κ3) is 2.77. The second-order valence-electron chi connectivity index (χ2n) is 4.05. The zero-order valence-corrected chi connectivity index (χ0v) is 10.4. The lowest BCUT2D eigenvalue weighted by Gasteiger charge is -2.11. The molecule has 98 valence electrons. The molecule has 0 saturated heterocycles. The van der Waals surface area contributed by atoms with Gasteiger partial charge in [0.25, 0.3) is 0 Å². The molecule has 0 bridgehead atoms. The van der Waals surface area contributed by atoms with Gasteiger partial charge in [0.1, 0.15) is 5.75 Å². The van der Waals surface area contributed by atoms with Gasteiger partial charge in [0.15, 0.2) is 17.3 Å². The summed E-state index contributed by atoms with van der Waals surface area (Å²) in [5.41, 5.74) is 6.94. The molecule has 0 aliphatic heterocycles. The number of hydrogen-bond acceptors (Lipinski definition) is 4. The summed E-state index contributed by atoms with van der Waals surface area (Å²) in [6.45, 7) is 1.87. The van der Waals surface area contributed by atoms with Gasteiger partial charge in [0.05, 0.1) is 5.56 Å². The smallest absolute Gasteiger partial charge is 0.173 e. The van der Waals surface area contributed by atoms with E-state index in [-0.39, 0.29) is 11.6 Å². The zero-order valence-electron chi connectivity index (χ0n) is 10.4. The van der Waals surface area contributed by atoms with Crippen molar-refractivity contribution in [3.05, 3.63) is 53.6 Å². The van der Waals surface area contributed by atoms with Crippen LogP contribution in [0, 0.1) is 6.92 Å². The van der Waals surface area contributed by atoms with Crippen molar-refractivity contribution in [2.45, 2.75) is 6.92 Å². The predicted molar refractivity (Wildman–Crippen MR) is 71.9 cm³/mol. The topological polar surface area (TPSA) is 88.1 Å². The first-order valence-corrected chi connectivity index (χ1v) is 5.66. The van der Waals surface area contributed by atoms with Crippen LogP contribution in [0.3, 0.4) is 0 Å². The summed E-state index contributed by atoms with van der Waals surface area (Å²) >= 11 is 0. The van der Waals surface area contributed by atoms with E-state index < -0.39 is 0 Å². The van der Waals surface area contributed by atoms with Crippen LogP contribution in [0.2, 0.25) is 0 Å². The molecule has 0 aromatic heterocycles. The van der Waals surface area contributed by atoms with Crippen LogP contribution in [0.25, 0.3) is 0 Å². The zero-order chi connectivity index (χ0) is 13.8. The van der Waals surface area contributed by atoms with Crippen LogP contribution in [0.1, 0.15) is 11.1 Å². The molecule has 0 fully saturated rings. The maximum Gasteiger partial charge on any atom is 0.173 e. The van der Waals surface area contributed by atoms with Crippen LogP contribution in [-0.4, -0.2) is 16.1 Å². The van der Waals surface area contributed by atoms with Gasteiger partial charge in [0.2, 0.25) is 0 Å². The van der Waals surface area contributed by atoms with Gasteiger partial charge in [-0.05, 0) is 36.8 Å². The van der Waals surface area contributed by atoms with Crippen molar-refractivity contribution in [1.29, 1.82) is 0 Å². The fraction of sp³-hybridized carbons (Fsp3) is 0.0714. The van der Waals surface area contributed by atoms with E-state index in [1.165, 1.54) is 0 Å². The summed E-state index contributed by atoms with van der Waals surface area (Å²) in [5, 5.41) is 21.5. The number of hydrogen-bond donors (Lipinski definition) is 3. The molecule has 0 unspecified atom stereocenters. The second-order valence-corrected chi connectivity index (χ2v) is 4.05. The summed E-state index contributed by atoms with van der Waals surface area (Å²) in [6.07, 6.45) is 0. The monoisotopic (exact) mass is 258 g/mol. The number of rotatable bonds is 3. The van der Waals surface area contributed by atoms with Crippen LogP contribution in [-0.2, 0) is 0 Å². The summed E-state index contributed by atoms with van der Waals surface area (Å²) in [4.78, 5) is 0. The first kappa shape index (κ1) is 12.8. The van der Waals surface area contributed by atoms with Gasteiger partial charge in [-0.2, -0.15) is 0 Å². The molecule has 5 heteroatoms. The molecular weight excluding hydrogens is 244 g/mol. The fourth-order valence-electron chi connectivity index (χ4n) is 1.65. The predicted octanol–water partition coefficient (Wildman–Crippen LogP) is 2.59. The van der Waals surface area contributed by atoms with Crippen molar-refractivity contribution in [2.24, 2.45) is 10.9 Å². The summed E-state index contributed by atoms with van der Waals surface area (Å²) in [7, 11) is 0. The number of amidine groups is 1. The largest absolute Gasteiger partial charge is 0.504 e. The van der Waals surface area contributed by atoms with E-state index in [1.807, 2.05) is 13.0 Å². The molecule has 0 atom stereocenters. The number of nitrogens with two attached hydrogens (primary N) is 1. The Kier molecular flexibility index (Phi) is 3.56. The Labute approximate surface area is 110 Å². The second kappa shape index (κ2) is 5.30. The summed E-state index contributed by atoms with van der Waals surface area (Å²) < 4.78 is 5.60. The van der Waals surface area contributed by atoms with Crippen LogP contribution < -0.4 is 10.5 Å². The van der Waals surface area contributed by atoms with Crippen molar-refractivity contribution in [2.75, 3.05) is 0 Å². The Hall–Kier alpha value is -2.69. The molecular formula is C14H14N2O3. The highest BCUT2D eigenvalue weighted by molar-refractivity contribution is 5.99. The molecule has 0 spiro atoms. The van der Waals surface area contributed by atoms with Crippen molar-refractivity contribution >= 4 is 5.84 Å². The number of ether oxygens (including phenoxy) is 1. The minimum absolute atomic E-state index is 0.0364. The van der Waals surface area contributed by atoms with E-state index in [1.54, 1.807) is 36.4 Å². The van der Waals surface area contributed by atoms with Crippen LogP contribution in [0.15, 0.2) is 47.6 Å². The van der Waals surface area contributed by atoms with Crippen LogP contribution in [0.4, 0.5) is 0 Å². The van der Waals surface area contributed by atoms with Crippen molar-refractivity contribution in [3.8, 4) is 17.2 Å². The van der Waals surface area contributed by atoms with E-state index in [4.69, 9.17) is 15.7 Å². The first-order valence-electron chi connectivity index (χ1n) is 5.66. The van der Waals surface area contributed by atoms with E-state index in [0.717, 1.165) is 5.56 Å². The number of aryl methyl sites for hydroxylation is 1. The summed E-state index contributed by atoms with van der Waals surface area (Å²) in [5.74, 6) is 0.692. The van der Waals surface area contributed by atoms with Crippen molar-refractivity contribution < 1.29 is 15.1 Å². The maximum atomic E-state index is 9.80. The van der Waals surface area contributed by atoms with Crippen LogP contribution in [0.5, 0.6) is 17.2 Å². The van der Waals surface area contributed by atoms with Gasteiger partial charge in [0, 0.05) is 0 Å². The van der Waals surface area contributed by atoms with Gasteiger partial charge in [-0.25, -0.2) is 0 Å². The molecule has 0 aliphatic carbocycles. The number of phenols is 1.